The smallest absolute Gasteiger partial charge is 0.158 e. The zero-order valence-electron chi connectivity index (χ0n) is 21.7. The van der Waals surface area contributed by atoms with Crippen molar-refractivity contribution < 1.29 is 0 Å². The molecule has 180 valence electrons. The lowest BCUT2D eigenvalue weighted by Crippen LogP contribution is -2.34. The van der Waals surface area contributed by atoms with Gasteiger partial charge in [-0.3, -0.25) is 4.98 Å². The van der Waals surface area contributed by atoms with Crippen LogP contribution in [-0.4, -0.2) is 49.1 Å². The first-order valence-corrected chi connectivity index (χ1v) is 12.8. The summed E-state index contributed by atoms with van der Waals surface area (Å²) in [5, 5.41) is 5.79. The Morgan fingerprint density at radius 1 is 1.06 bits per heavy atom. The second-order valence-corrected chi connectivity index (χ2v) is 10.5. The molecule has 4 aromatic heterocycles. The zero-order valence-corrected chi connectivity index (χ0v) is 21.7. The van der Waals surface area contributed by atoms with Crippen LogP contribution < -0.4 is 0 Å². The SMILES string of the molecule is CCN(C)C1CCC(c2ncc3[nH]c(-c4cn5ncnc5c(C)c4C)c(C(C)C)c3c2C)CC1. The van der Waals surface area contributed by atoms with Crippen molar-refractivity contribution in [1.29, 1.82) is 0 Å². The first kappa shape index (κ1) is 23.0. The summed E-state index contributed by atoms with van der Waals surface area (Å²) in [5.41, 5.74) is 10.9. The van der Waals surface area contributed by atoms with Gasteiger partial charge in [0.25, 0.3) is 0 Å². The van der Waals surface area contributed by atoms with Crippen LogP contribution in [0.2, 0.25) is 0 Å². The summed E-state index contributed by atoms with van der Waals surface area (Å²) in [5.74, 6) is 0.942. The van der Waals surface area contributed by atoms with Crippen molar-refractivity contribution in [2.75, 3.05) is 13.6 Å². The molecule has 4 heterocycles. The Kier molecular flexibility index (Phi) is 5.96. The number of hydrogen-bond acceptors (Lipinski definition) is 4. The van der Waals surface area contributed by atoms with Crippen LogP contribution in [0.3, 0.4) is 0 Å². The van der Waals surface area contributed by atoms with Gasteiger partial charge in [-0.25, -0.2) is 9.50 Å². The van der Waals surface area contributed by atoms with E-state index in [1.165, 1.54) is 70.3 Å². The van der Waals surface area contributed by atoms with Crippen molar-refractivity contribution in [3.63, 3.8) is 0 Å². The molecule has 0 aliphatic heterocycles. The second-order valence-electron chi connectivity index (χ2n) is 10.5. The molecule has 0 radical (unpaired) electrons. The molecule has 4 aromatic rings. The number of H-pyrrole nitrogens is 1. The first-order chi connectivity index (χ1) is 16.3. The van der Waals surface area contributed by atoms with Crippen molar-refractivity contribution in [2.45, 2.75) is 85.1 Å². The number of fused-ring (bicyclic) bond motifs is 2. The lowest BCUT2D eigenvalue weighted by Gasteiger charge is -2.34. The quantitative estimate of drug-likeness (QED) is 0.381. The van der Waals surface area contributed by atoms with Gasteiger partial charge < -0.3 is 9.88 Å². The number of hydrogen-bond donors (Lipinski definition) is 1. The number of rotatable bonds is 5. The molecule has 1 aliphatic rings. The number of aryl methyl sites for hydroxylation is 2. The summed E-state index contributed by atoms with van der Waals surface area (Å²) in [6.45, 7) is 14.6. The predicted molar refractivity (Wildman–Crippen MR) is 140 cm³/mol. The highest BCUT2D eigenvalue weighted by Gasteiger charge is 2.28. The molecule has 0 unspecified atom stereocenters. The summed E-state index contributed by atoms with van der Waals surface area (Å²) < 4.78 is 1.90. The van der Waals surface area contributed by atoms with Gasteiger partial charge in [0, 0.05) is 34.8 Å². The maximum absolute atomic E-state index is 5.04. The van der Waals surface area contributed by atoms with E-state index in [0.717, 1.165) is 17.7 Å². The fourth-order valence-electron chi connectivity index (χ4n) is 6.10. The Labute approximate surface area is 202 Å². The average molecular weight is 459 g/mol. The number of nitrogens with zero attached hydrogens (tertiary/aromatic N) is 5. The van der Waals surface area contributed by atoms with E-state index < -0.39 is 0 Å². The molecule has 1 N–H and O–H groups in total. The Morgan fingerprint density at radius 2 is 1.79 bits per heavy atom. The standard InChI is InChI=1S/C28H38N6/c1-8-33(7)21-11-9-20(10-12-21)26-19(6)25-23(13-29-26)32-27(24(25)16(2)3)22-14-34-28(30-15-31-34)18(5)17(22)4/h13-16,20-21,32H,8-12H2,1-7H3. The fraction of sp³-hybridized carbons (Fsp3) is 0.536. The summed E-state index contributed by atoms with van der Waals surface area (Å²) in [4.78, 5) is 15.7. The van der Waals surface area contributed by atoms with Crippen LogP contribution in [0.25, 0.3) is 27.8 Å². The van der Waals surface area contributed by atoms with E-state index in [1.54, 1.807) is 6.33 Å². The minimum atomic E-state index is 0.387. The molecule has 1 aliphatic carbocycles. The van der Waals surface area contributed by atoms with Gasteiger partial charge in [-0.2, -0.15) is 5.10 Å². The van der Waals surface area contributed by atoms with E-state index in [2.05, 4.69) is 81.0 Å². The molecular weight excluding hydrogens is 420 g/mol. The first-order valence-electron chi connectivity index (χ1n) is 12.8. The Bertz CT molecular complexity index is 1340. The lowest BCUT2D eigenvalue weighted by molar-refractivity contribution is 0.189. The Morgan fingerprint density at radius 3 is 2.47 bits per heavy atom. The molecule has 0 saturated heterocycles. The van der Waals surface area contributed by atoms with E-state index in [1.807, 2.05) is 4.52 Å². The molecule has 34 heavy (non-hydrogen) atoms. The van der Waals surface area contributed by atoms with Crippen LogP contribution in [0.5, 0.6) is 0 Å². The maximum Gasteiger partial charge on any atom is 0.158 e. The van der Waals surface area contributed by atoms with E-state index in [9.17, 15) is 0 Å². The molecule has 1 saturated carbocycles. The molecule has 0 amide bonds. The van der Waals surface area contributed by atoms with Gasteiger partial charge in [0.05, 0.1) is 17.4 Å². The maximum atomic E-state index is 5.04. The van der Waals surface area contributed by atoms with E-state index >= 15 is 0 Å². The van der Waals surface area contributed by atoms with Crippen molar-refractivity contribution in [1.82, 2.24) is 29.5 Å². The van der Waals surface area contributed by atoms with E-state index in [-0.39, 0.29) is 0 Å². The topological polar surface area (TPSA) is 62.1 Å². The number of pyridine rings is 2. The minimum absolute atomic E-state index is 0.387. The van der Waals surface area contributed by atoms with Crippen LogP contribution in [0.4, 0.5) is 0 Å². The highest BCUT2D eigenvalue weighted by Crippen LogP contribution is 2.42. The molecule has 0 spiro atoms. The normalized spacial score (nSPS) is 19.2. The minimum Gasteiger partial charge on any atom is -0.353 e. The highest BCUT2D eigenvalue weighted by molar-refractivity contribution is 5.94. The van der Waals surface area contributed by atoms with Crippen LogP contribution >= 0.6 is 0 Å². The van der Waals surface area contributed by atoms with Gasteiger partial charge in [0.15, 0.2) is 5.65 Å². The molecule has 1 fully saturated rings. The number of aromatic nitrogens is 5. The summed E-state index contributed by atoms with van der Waals surface area (Å²) >= 11 is 0. The van der Waals surface area contributed by atoms with Gasteiger partial charge in [-0.05, 0) is 88.2 Å². The number of aromatic amines is 1. The zero-order chi connectivity index (χ0) is 24.1. The monoisotopic (exact) mass is 458 g/mol. The molecular formula is C28H38N6. The molecule has 6 nitrogen and oxygen atoms in total. The van der Waals surface area contributed by atoms with Gasteiger partial charge in [0.2, 0.25) is 0 Å². The van der Waals surface area contributed by atoms with Crippen LogP contribution in [0, 0.1) is 20.8 Å². The molecule has 0 bridgehead atoms. The van der Waals surface area contributed by atoms with Crippen LogP contribution in [0.15, 0.2) is 18.7 Å². The number of nitrogens with one attached hydrogen (secondary N) is 1. The van der Waals surface area contributed by atoms with E-state index in [0.29, 0.717) is 17.9 Å². The third kappa shape index (κ3) is 3.63. The third-order valence-corrected chi connectivity index (χ3v) is 8.34. The summed E-state index contributed by atoms with van der Waals surface area (Å²) in [7, 11) is 2.26. The highest BCUT2D eigenvalue weighted by atomic mass is 15.3. The second kappa shape index (κ2) is 8.81. The van der Waals surface area contributed by atoms with E-state index in [4.69, 9.17) is 4.98 Å². The van der Waals surface area contributed by atoms with Crippen molar-refractivity contribution in [3.8, 4) is 11.3 Å². The van der Waals surface area contributed by atoms with Gasteiger partial charge in [-0.1, -0.05) is 20.8 Å². The summed E-state index contributed by atoms with van der Waals surface area (Å²) in [6, 6.07) is 0.716. The van der Waals surface area contributed by atoms with Gasteiger partial charge >= 0.3 is 0 Å². The van der Waals surface area contributed by atoms with Crippen LogP contribution in [-0.2, 0) is 0 Å². The van der Waals surface area contributed by atoms with Crippen molar-refractivity contribution in [2.24, 2.45) is 0 Å². The predicted octanol–water partition coefficient (Wildman–Crippen LogP) is 6.30. The van der Waals surface area contributed by atoms with Crippen molar-refractivity contribution in [3.05, 3.63) is 46.7 Å². The summed E-state index contributed by atoms with van der Waals surface area (Å²) in [6.07, 6.45) is 10.8. The average Bonchev–Trinajstić information content (AvgIpc) is 3.46. The van der Waals surface area contributed by atoms with Crippen molar-refractivity contribution >= 4 is 16.6 Å². The third-order valence-electron chi connectivity index (χ3n) is 8.34. The lowest BCUT2D eigenvalue weighted by atomic mass is 9.81. The fourth-order valence-corrected chi connectivity index (χ4v) is 6.10. The largest absolute Gasteiger partial charge is 0.353 e. The Balaban J connectivity index is 1.61. The Hall–Kier alpha value is -2.73. The van der Waals surface area contributed by atoms with Crippen LogP contribution in [0.1, 0.15) is 86.2 Å². The molecule has 0 atom stereocenters. The molecule has 0 aromatic carbocycles. The molecule has 6 heteroatoms. The van der Waals surface area contributed by atoms with Gasteiger partial charge in [0.1, 0.15) is 6.33 Å². The van der Waals surface area contributed by atoms with Gasteiger partial charge in [-0.15, -0.1) is 0 Å². The molecule has 5 rings (SSSR count).